The molecule has 1 aromatic heterocycles. The second kappa shape index (κ2) is 7.36. The van der Waals surface area contributed by atoms with Crippen LogP contribution in [0.3, 0.4) is 0 Å². The Kier molecular flexibility index (Phi) is 4.75. The summed E-state index contributed by atoms with van der Waals surface area (Å²) < 4.78 is 19.8. The average Bonchev–Trinajstić information content (AvgIpc) is 3.14. The highest BCUT2D eigenvalue weighted by Gasteiger charge is 2.24. The number of para-hydroxylation sites is 2. The summed E-state index contributed by atoms with van der Waals surface area (Å²) in [5, 5.41) is 2.04. The number of ether oxygens (including phenoxy) is 1. The van der Waals surface area contributed by atoms with Gasteiger partial charge in [0.25, 0.3) is 0 Å². The smallest absolute Gasteiger partial charge is 0.230 e. The van der Waals surface area contributed by atoms with E-state index < -0.39 is 5.82 Å². The highest BCUT2D eigenvalue weighted by atomic mass is 32.1. The van der Waals surface area contributed by atoms with Crippen molar-refractivity contribution in [2.45, 2.75) is 6.92 Å². The van der Waals surface area contributed by atoms with Crippen LogP contribution in [-0.4, -0.2) is 23.3 Å². The first-order valence-corrected chi connectivity index (χ1v) is 9.40. The number of ketones is 1. The van der Waals surface area contributed by atoms with E-state index in [4.69, 9.17) is 4.74 Å². The van der Waals surface area contributed by atoms with Crippen molar-refractivity contribution in [3.63, 3.8) is 0 Å². The molecule has 0 aliphatic carbocycles. The van der Waals surface area contributed by atoms with E-state index in [1.165, 1.54) is 35.3 Å². The van der Waals surface area contributed by atoms with Gasteiger partial charge in [0.2, 0.25) is 5.91 Å². The van der Waals surface area contributed by atoms with Crippen molar-refractivity contribution < 1.29 is 18.7 Å². The van der Waals surface area contributed by atoms with Crippen LogP contribution < -0.4 is 9.64 Å². The summed E-state index contributed by atoms with van der Waals surface area (Å²) in [6.45, 7) is 1.49. The molecule has 0 radical (unpaired) electrons. The van der Waals surface area contributed by atoms with Crippen LogP contribution >= 0.6 is 11.3 Å². The second-order valence-corrected chi connectivity index (χ2v) is 6.98. The Labute approximate surface area is 164 Å². The zero-order chi connectivity index (χ0) is 19.7. The molecule has 0 bridgehead atoms. The Hall–Kier alpha value is -3.32. The van der Waals surface area contributed by atoms with Crippen molar-refractivity contribution in [1.82, 2.24) is 4.98 Å². The number of hydrogen-bond acceptors (Lipinski definition) is 5. The minimum absolute atomic E-state index is 0.117. The summed E-state index contributed by atoms with van der Waals surface area (Å²) in [5.74, 6) is -0.426. The van der Waals surface area contributed by atoms with Gasteiger partial charge in [-0.05, 0) is 30.3 Å². The molecule has 2 heterocycles. The van der Waals surface area contributed by atoms with E-state index in [0.29, 0.717) is 27.7 Å². The lowest BCUT2D eigenvalue weighted by molar-refractivity contribution is -0.115. The molecule has 0 fully saturated rings. The molecule has 4 rings (SSSR count). The summed E-state index contributed by atoms with van der Waals surface area (Å²) in [4.78, 5) is 30.4. The Morgan fingerprint density at radius 3 is 2.75 bits per heavy atom. The lowest BCUT2D eigenvalue weighted by atomic mass is 10.00. The molecule has 28 heavy (non-hydrogen) atoms. The molecule has 7 heteroatoms. The number of rotatable bonds is 3. The van der Waals surface area contributed by atoms with Gasteiger partial charge in [-0.1, -0.05) is 24.3 Å². The highest BCUT2D eigenvalue weighted by Crippen LogP contribution is 2.32. The fourth-order valence-corrected chi connectivity index (χ4v) is 3.78. The summed E-state index contributed by atoms with van der Waals surface area (Å²) >= 11 is 1.20. The predicted molar refractivity (Wildman–Crippen MR) is 106 cm³/mol. The van der Waals surface area contributed by atoms with Crippen LogP contribution in [0, 0.1) is 5.82 Å². The number of Topliss-reactive ketones (excluding diaryl/α,β-unsaturated/α-hetero) is 1. The van der Waals surface area contributed by atoms with Crippen LogP contribution in [0.2, 0.25) is 0 Å². The molecule has 0 saturated carbocycles. The third-order valence-corrected chi connectivity index (χ3v) is 5.08. The van der Waals surface area contributed by atoms with Crippen LogP contribution in [0.15, 0.2) is 59.5 Å². The van der Waals surface area contributed by atoms with Crippen molar-refractivity contribution in [3.05, 3.63) is 76.6 Å². The molecule has 1 aliphatic heterocycles. The number of carbonyl (C=O) groups excluding carboxylic acids is 2. The van der Waals surface area contributed by atoms with Gasteiger partial charge in [-0.3, -0.25) is 14.5 Å². The summed E-state index contributed by atoms with van der Waals surface area (Å²) in [7, 11) is 0. The largest absolute Gasteiger partial charge is 0.488 e. The van der Waals surface area contributed by atoms with E-state index in [1.807, 2.05) is 6.07 Å². The fourth-order valence-electron chi connectivity index (χ4n) is 2.95. The molecule has 3 aromatic rings. The molecule has 140 valence electrons. The van der Waals surface area contributed by atoms with Gasteiger partial charge in [0.15, 0.2) is 10.9 Å². The molecule has 0 N–H and O–H groups in total. The van der Waals surface area contributed by atoms with Gasteiger partial charge in [-0.2, -0.15) is 0 Å². The number of anilines is 2. The van der Waals surface area contributed by atoms with Crippen molar-refractivity contribution in [2.75, 3.05) is 11.5 Å². The van der Waals surface area contributed by atoms with Crippen molar-refractivity contribution >= 4 is 39.9 Å². The molecule has 2 aromatic carbocycles. The predicted octanol–water partition coefficient (Wildman–Crippen LogP) is 4.63. The van der Waals surface area contributed by atoms with Gasteiger partial charge in [0.05, 0.1) is 16.9 Å². The minimum Gasteiger partial charge on any atom is -0.488 e. The molecule has 0 saturated heterocycles. The molecule has 5 nitrogen and oxygen atoms in total. The van der Waals surface area contributed by atoms with Gasteiger partial charge >= 0.3 is 0 Å². The number of amides is 1. The van der Waals surface area contributed by atoms with Crippen LogP contribution in [-0.2, 0) is 4.79 Å². The first kappa shape index (κ1) is 18.1. The van der Waals surface area contributed by atoms with Crippen LogP contribution in [0.1, 0.15) is 23.0 Å². The fraction of sp³-hybridized carbons (Fsp3) is 0.0952. The first-order valence-electron chi connectivity index (χ1n) is 8.52. The third-order valence-electron chi connectivity index (χ3n) is 4.24. The Balaban J connectivity index is 1.66. The number of carbonyl (C=O) groups is 2. The number of thiazole rings is 1. The Morgan fingerprint density at radius 2 is 1.96 bits per heavy atom. The summed E-state index contributed by atoms with van der Waals surface area (Å²) in [6, 6.07) is 13.1. The molecular weight excluding hydrogens is 379 g/mol. The van der Waals surface area contributed by atoms with Gasteiger partial charge in [0.1, 0.15) is 18.2 Å². The second-order valence-electron chi connectivity index (χ2n) is 6.14. The van der Waals surface area contributed by atoms with Crippen LogP contribution in [0.5, 0.6) is 5.75 Å². The van der Waals surface area contributed by atoms with Gasteiger partial charge < -0.3 is 4.74 Å². The molecule has 0 atom stereocenters. The van der Waals surface area contributed by atoms with E-state index in [2.05, 4.69) is 4.98 Å². The standard InChI is InChI=1S/C21H15FN2O3S/c1-13(25)24(18-8-4-3-7-17(18)22)21-23-15(12-28-21)10-14-11-27-19-9-5-2-6-16(19)20(14)26/h2-10,12H,11H2,1H3. The zero-order valence-electron chi connectivity index (χ0n) is 14.9. The third kappa shape index (κ3) is 3.32. The quantitative estimate of drug-likeness (QED) is 0.608. The molecule has 1 amide bonds. The Bertz CT molecular complexity index is 1110. The molecule has 1 aliphatic rings. The molecular formula is C21H15FN2O3S. The number of aromatic nitrogens is 1. The Morgan fingerprint density at radius 1 is 1.21 bits per heavy atom. The summed E-state index contributed by atoms with van der Waals surface area (Å²) in [6.07, 6.45) is 1.64. The van der Waals surface area contributed by atoms with Crippen LogP contribution in [0.25, 0.3) is 6.08 Å². The van der Waals surface area contributed by atoms with Crippen molar-refractivity contribution in [1.29, 1.82) is 0 Å². The maximum Gasteiger partial charge on any atom is 0.230 e. The SMILES string of the molecule is CC(=O)N(c1nc(C=C2COc3ccccc3C2=O)cs1)c1ccccc1F. The number of hydrogen-bond donors (Lipinski definition) is 0. The maximum atomic E-state index is 14.2. The lowest BCUT2D eigenvalue weighted by Gasteiger charge is -2.18. The number of nitrogens with zero attached hydrogens (tertiary/aromatic N) is 2. The summed E-state index contributed by atoms with van der Waals surface area (Å²) in [5.41, 5.74) is 1.62. The van der Waals surface area contributed by atoms with E-state index in [-0.39, 0.29) is 24.0 Å². The van der Waals surface area contributed by atoms with E-state index >= 15 is 0 Å². The van der Waals surface area contributed by atoms with Crippen LogP contribution in [0.4, 0.5) is 15.2 Å². The van der Waals surface area contributed by atoms with Gasteiger partial charge in [-0.15, -0.1) is 11.3 Å². The monoisotopic (exact) mass is 394 g/mol. The lowest BCUT2D eigenvalue weighted by Crippen LogP contribution is -2.23. The van der Waals surface area contributed by atoms with E-state index in [9.17, 15) is 14.0 Å². The van der Waals surface area contributed by atoms with E-state index in [0.717, 1.165) is 0 Å². The molecule has 0 unspecified atom stereocenters. The average molecular weight is 394 g/mol. The normalized spacial score (nSPS) is 14.5. The van der Waals surface area contributed by atoms with Crippen molar-refractivity contribution in [2.24, 2.45) is 0 Å². The topological polar surface area (TPSA) is 59.5 Å². The highest BCUT2D eigenvalue weighted by molar-refractivity contribution is 7.14. The first-order chi connectivity index (χ1) is 13.5. The van der Waals surface area contributed by atoms with Gasteiger partial charge in [-0.25, -0.2) is 9.37 Å². The van der Waals surface area contributed by atoms with E-state index in [1.54, 1.807) is 41.8 Å². The number of benzene rings is 2. The number of fused-ring (bicyclic) bond motifs is 1. The van der Waals surface area contributed by atoms with Crippen molar-refractivity contribution in [3.8, 4) is 5.75 Å². The minimum atomic E-state index is -0.514. The van der Waals surface area contributed by atoms with Gasteiger partial charge in [0, 0.05) is 17.9 Å². The number of halogens is 1. The zero-order valence-corrected chi connectivity index (χ0v) is 15.7. The maximum absolute atomic E-state index is 14.2. The molecule has 0 spiro atoms.